The molecule has 0 saturated heterocycles. The van der Waals surface area contributed by atoms with E-state index in [1.807, 2.05) is 0 Å². The van der Waals surface area contributed by atoms with Gasteiger partial charge in [0, 0.05) is 6.42 Å². The zero-order chi connectivity index (χ0) is 50.2. The van der Waals surface area contributed by atoms with Gasteiger partial charge in [-0.2, -0.15) is 0 Å². The molecular weight excluding hydrogens is 851 g/mol. The molecule has 0 heterocycles. The average molecular weight is 973 g/mol. The molecule has 408 valence electrons. The lowest BCUT2D eigenvalue weighted by atomic mass is 10.0. The average Bonchev–Trinajstić information content (AvgIpc) is 3.34. The van der Waals surface area contributed by atoms with Crippen LogP contribution in [-0.4, -0.2) is 46.9 Å². The van der Waals surface area contributed by atoms with E-state index in [9.17, 15) is 19.8 Å². The molecule has 0 spiro atoms. The third-order valence-electron chi connectivity index (χ3n) is 14.5. The summed E-state index contributed by atoms with van der Waals surface area (Å²) in [6, 6.07) is -0.700. The zero-order valence-corrected chi connectivity index (χ0v) is 46.7. The van der Waals surface area contributed by atoms with Crippen LogP contribution in [-0.2, 0) is 14.3 Å². The van der Waals surface area contributed by atoms with E-state index >= 15 is 0 Å². The van der Waals surface area contributed by atoms with E-state index in [4.69, 9.17) is 4.74 Å². The molecule has 0 aromatic heterocycles. The number of esters is 1. The first kappa shape index (κ1) is 67.3. The Kier molecular flexibility index (Phi) is 55.9. The van der Waals surface area contributed by atoms with Crippen LogP contribution in [0.25, 0.3) is 0 Å². The lowest BCUT2D eigenvalue weighted by molar-refractivity contribution is -0.151. The number of ether oxygens (including phenoxy) is 1. The number of unbranched alkanes of at least 4 members (excludes halogenated alkanes) is 41. The van der Waals surface area contributed by atoms with Crippen LogP contribution in [0.5, 0.6) is 0 Å². The second kappa shape index (κ2) is 57.2. The molecule has 0 radical (unpaired) electrons. The van der Waals surface area contributed by atoms with Crippen molar-refractivity contribution < 1.29 is 24.5 Å². The van der Waals surface area contributed by atoms with Gasteiger partial charge >= 0.3 is 5.97 Å². The van der Waals surface area contributed by atoms with E-state index in [1.165, 1.54) is 238 Å². The molecule has 0 aliphatic rings. The standard InChI is InChI=1S/C63H121NO5/c1-4-7-10-13-16-19-22-25-28-31-34-37-40-43-46-49-52-55-61(66)60(58-65)64-62(67)57-59(54-51-48-45-42-39-36-33-30-27-24-21-18-15-12-9-6-3)69-63(68)56-53-50-47-44-41-38-35-32-29-26-23-20-17-14-11-8-5-2/h17,20,26,29,59-61,65-66H,4-16,18-19,21-25,27-28,30-58H2,1-3H3,(H,64,67)/b20-17-,29-26-. The number of allylic oxidation sites excluding steroid dienone is 4. The van der Waals surface area contributed by atoms with Gasteiger partial charge in [-0.25, -0.2) is 0 Å². The van der Waals surface area contributed by atoms with Gasteiger partial charge in [-0.15, -0.1) is 0 Å². The predicted octanol–water partition coefficient (Wildman–Crippen LogP) is 19.4. The van der Waals surface area contributed by atoms with Crippen molar-refractivity contribution in [2.45, 2.75) is 360 Å². The number of hydrogen-bond donors (Lipinski definition) is 3. The molecule has 0 rings (SSSR count). The Labute approximate surface area is 431 Å². The van der Waals surface area contributed by atoms with Crippen molar-refractivity contribution in [1.29, 1.82) is 0 Å². The molecule has 0 aliphatic heterocycles. The molecule has 6 heteroatoms. The molecule has 0 aliphatic carbocycles. The normalized spacial score (nSPS) is 13.2. The molecule has 0 fully saturated rings. The van der Waals surface area contributed by atoms with Gasteiger partial charge in [0.2, 0.25) is 5.91 Å². The van der Waals surface area contributed by atoms with Crippen LogP contribution in [0.15, 0.2) is 24.3 Å². The Morgan fingerprint density at radius 1 is 0.420 bits per heavy atom. The Bertz CT molecular complexity index is 1090. The number of nitrogens with one attached hydrogen (secondary N) is 1. The molecule has 3 N–H and O–H groups in total. The maximum Gasteiger partial charge on any atom is 0.306 e. The summed E-state index contributed by atoms with van der Waals surface area (Å²) in [5, 5.41) is 24.0. The molecule has 0 saturated carbocycles. The summed E-state index contributed by atoms with van der Waals surface area (Å²) < 4.78 is 5.98. The molecule has 0 aromatic carbocycles. The third-order valence-corrected chi connectivity index (χ3v) is 14.5. The highest BCUT2D eigenvalue weighted by molar-refractivity contribution is 5.77. The summed E-state index contributed by atoms with van der Waals surface area (Å²) in [7, 11) is 0. The first-order chi connectivity index (χ1) is 34.0. The molecule has 0 bridgehead atoms. The highest BCUT2D eigenvalue weighted by Crippen LogP contribution is 2.19. The smallest absolute Gasteiger partial charge is 0.306 e. The molecule has 69 heavy (non-hydrogen) atoms. The first-order valence-corrected chi connectivity index (χ1v) is 31.1. The number of hydrogen-bond acceptors (Lipinski definition) is 5. The number of aliphatic hydroxyl groups is 2. The number of aliphatic hydroxyl groups excluding tert-OH is 2. The largest absolute Gasteiger partial charge is 0.462 e. The summed E-state index contributed by atoms with van der Waals surface area (Å²) in [6.45, 7) is 6.51. The van der Waals surface area contributed by atoms with Crippen molar-refractivity contribution in [2.24, 2.45) is 0 Å². The van der Waals surface area contributed by atoms with E-state index in [0.29, 0.717) is 19.3 Å². The van der Waals surface area contributed by atoms with Gasteiger partial charge in [0.15, 0.2) is 0 Å². The Morgan fingerprint density at radius 3 is 1.13 bits per heavy atom. The number of carbonyl (C=O) groups excluding carboxylic acids is 2. The fraction of sp³-hybridized carbons (Fsp3) is 0.905. The van der Waals surface area contributed by atoms with Gasteiger partial charge in [-0.05, 0) is 57.8 Å². The van der Waals surface area contributed by atoms with Gasteiger partial charge in [-0.1, -0.05) is 295 Å². The molecule has 6 nitrogen and oxygen atoms in total. The number of amides is 1. The molecule has 0 aromatic rings. The second-order valence-corrected chi connectivity index (χ2v) is 21.5. The van der Waals surface area contributed by atoms with Crippen molar-refractivity contribution in [3.05, 3.63) is 24.3 Å². The van der Waals surface area contributed by atoms with Crippen molar-refractivity contribution >= 4 is 11.9 Å². The summed E-state index contributed by atoms with van der Waals surface area (Å²) in [6.07, 6.45) is 68.2. The van der Waals surface area contributed by atoms with Crippen LogP contribution in [0.1, 0.15) is 342 Å². The highest BCUT2D eigenvalue weighted by atomic mass is 16.5. The molecule has 3 unspecified atom stereocenters. The maximum absolute atomic E-state index is 13.3. The SMILES string of the molecule is CCCCC/C=C\C/C=C\CCCCCCCCCC(=O)OC(CCCCCCCCCCCCCCCCCC)CC(=O)NC(CO)C(O)CCCCCCCCCCCCCCCCCCC. The first-order valence-electron chi connectivity index (χ1n) is 31.1. The van der Waals surface area contributed by atoms with Gasteiger partial charge in [-0.3, -0.25) is 9.59 Å². The fourth-order valence-corrected chi connectivity index (χ4v) is 9.82. The van der Waals surface area contributed by atoms with E-state index < -0.39 is 18.2 Å². The number of carbonyl (C=O) groups is 2. The van der Waals surface area contributed by atoms with Gasteiger partial charge < -0.3 is 20.3 Å². The van der Waals surface area contributed by atoms with E-state index in [1.54, 1.807) is 0 Å². The lowest BCUT2D eigenvalue weighted by Gasteiger charge is -2.24. The maximum atomic E-state index is 13.3. The fourth-order valence-electron chi connectivity index (χ4n) is 9.82. The quantitative estimate of drug-likeness (QED) is 0.0321. The molecule has 1 amide bonds. The Morgan fingerprint density at radius 2 is 0.739 bits per heavy atom. The van der Waals surface area contributed by atoms with E-state index in [0.717, 1.165) is 57.8 Å². The highest BCUT2D eigenvalue weighted by Gasteiger charge is 2.24. The van der Waals surface area contributed by atoms with Gasteiger partial charge in [0.05, 0.1) is 25.2 Å². The minimum absolute atomic E-state index is 0.0811. The minimum Gasteiger partial charge on any atom is -0.462 e. The van der Waals surface area contributed by atoms with E-state index in [-0.39, 0.29) is 24.9 Å². The van der Waals surface area contributed by atoms with Crippen LogP contribution >= 0.6 is 0 Å². The summed E-state index contributed by atoms with van der Waals surface area (Å²) >= 11 is 0. The molecule has 3 atom stereocenters. The van der Waals surface area contributed by atoms with Gasteiger partial charge in [0.1, 0.15) is 6.10 Å². The predicted molar refractivity (Wildman–Crippen MR) is 301 cm³/mol. The van der Waals surface area contributed by atoms with Crippen LogP contribution in [0.3, 0.4) is 0 Å². The topological polar surface area (TPSA) is 95.9 Å². The number of rotatable bonds is 57. The Hall–Kier alpha value is -1.66. The summed E-state index contributed by atoms with van der Waals surface area (Å²) in [5.74, 6) is -0.459. The van der Waals surface area contributed by atoms with Crippen LogP contribution < -0.4 is 5.32 Å². The zero-order valence-electron chi connectivity index (χ0n) is 46.7. The van der Waals surface area contributed by atoms with Crippen LogP contribution in [0.4, 0.5) is 0 Å². The summed E-state index contributed by atoms with van der Waals surface area (Å²) in [4.78, 5) is 26.4. The van der Waals surface area contributed by atoms with Gasteiger partial charge in [0.25, 0.3) is 0 Å². The molecular formula is C63H121NO5. The summed E-state index contributed by atoms with van der Waals surface area (Å²) in [5.41, 5.74) is 0. The van der Waals surface area contributed by atoms with Crippen molar-refractivity contribution in [1.82, 2.24) is 5.32 Å². The van der Waals surface area contributed by atoms with Crippen molar-refractivity contribution in [3.8, 4) is 0 Å². The van der Waals surface area contributed by atoms with Crippen LogP contribution in [0, 0.1) is 0 Å². The second-order valence-electron chi connectivity index (χ2n) is 21.5. The lowest BCUT2D eigenvalue weighted by Crippen LogP contribution is -2.46. The third kappa shape index (κ3) is 52.5. The van der Waals surface area contributed by atoms with E-state index in [2.05, 4.69) is 50.4 Å². The minimum atomic E-state index is -0.786. The van der Waals surface area contributed by atoms with Crippen molar-refractivity contribution in [2.75, 3.05) is 6.61 Å². The van der Waals surface area contributed by atoms with Crippen molar-refractivity contribution in [3.63, 3.8) is 0 Å². The van der Waals surface area contributed by atoms with Crippen LogP contribution in [0.2, 0.25) is 0 Å². The Balaban J connectivity index is 4.50. The monoisotopic (exact) mass is 972 g/mol.